The van der Waals surface area contributed by atoms with Crippen molar-refractivity contribution in [1.82, 2.24) is 10.1 Å². The summed E-state index contributed by atoms with van der Waals surface area (Å²) in [4.78, 5) is 14.9. The lowest BCUT2D eigenvalue weighted by atomic mass is 10.2. The molecule has 0 aliphatic heterocycles. The van der Waals surface area contributed by atoms with Crippen LogP contribution in [0.3, 0.4) is 0 Å². The molecule has 1 aromatic heterocycles. The van der Waals surface area contributed by atoms with E-state index in [0.29, 0.717) is 15.9 Å². The van der Waals surface area contributed by atoms with Crippen molar-refractivity contribution < 1.29 is 13.7 Å². The van der Waals surface area contributed by atoms with Gasteiger partial charge in [0.15, 0.2) is 0 Å². The van der Waals surface area contributed by atoms with Gasteiger partial charge in [0.25, 0.3) is 0 Å². The number of ketones is 1. The van der Waals surface area contributed by atoms with Crippen LogP contribution in [-0.4, -0.2) is 15.9 Å². The van der Waals surface area contributed by atoms with Crippen LogP contribution in [-0.2, 0) is 11.2 Å². The van der Waals surface area contributed by atoms with Gasteiger partial charge in [0.1, 0.15) is 11.6 Å². The summed E-state index contributed by atoms with van der Waals surface area (Å²) in [5.41, 5.74) is 0.622. The number of nitrogens with zero attached hydrogens (tertiary/aromatic N) is 2. The van der Waals surface area contributed by atoms with E-state index in [0.717, 1.165) is 0 Å². The lowest BCUT2D eigenvalue weighted by Gasteiger charge is -1.96. The highest BCUT2D eigenvalue weighted by Gasteiger charge is 2.11. The molecule has 88 valence electrons. The van der Waals surface area contributed by atoms with Crippen LogP contribution in [0, 0.1) is 5.82 Å². The van der Waals surface area contributed by atoms with Crippen molar-refractivity contribution in [3.63, 3.8) is 0 Å². The van der Waals surface area contributed by atoms with Crippen LogP contribution in [0.2, 0.25) is 0 Å². The normalized spacial score (nSPS) is 10.5. The fourth-order valence-electron chi connectivity index (χ4n) is 1.29. The van der Waals surface area contributed by atoms with Gasteiger partial charge in [0.05, 0.1) is 10.9 Å². The Morgan fingerprint density at radius 1 is 1.53 bits per heavy atom. The molecule has 0 saturated carbocycles. The highest BCUT2D eigenvalue weighted by atomic mass is 79.9. The number of carbonyl (C=O) groups is 1. The zero-order valence-electron chi connectivity index (χ0n) is 8.91. The standard InChI is InChI=1S/C11H8BrFN2O2/c1-6(16)4-10-14-11(15-17-10)7-2-3-9(13)8(12)5-7/h2-3,5H,4H2,1H3. The van der Waals surface area contributed by atoms with Crippen LogP contribution in [0.1, 0.15) is 12.8 Å². The zero-order chi connectivity index (χ0) is 12.4. The van der Waals surface area contributed by atoms with E-state index in [1.54, 1.807) is 12.1 Å². The number of hydrogen-bond donors (Lipinski definition) is 0. The van der Waals surface area contributed by atoms with Crippen LogP contribution in [0.25, 0.3) is 11.4 Å². The molecule has 0 fully saturated rings. The predicted octanol–water partition coefficient (Wildman–Crippen LogP) is 2.77. The molecule has 0 saturated heterocycles. The monoisotopic (exact) mass is 298 g/mol. The molecule has 0 bridgehead atoms. The summed E-state index contributed by atoms with van der Waals surface area (Å²) in [5, 5.41) is 3.73. The van der Waals surface area contributed by atoms with Crippen LogP contribution >= 0.6 is 15.9 Å². The Kier molecular flexibility index (Phi) is 3.33. The van der Waals surface area contributed by atoms with Crippen molar-refractivity contribution in [2.45, 2.75) is 13.3 Å². The van der Waals surface area contributed by atoms with Gasteiger partial charge in [0, 0.05) is 5.56 Å². The first kappa shape index (κ1) is 11.9. The molecule has 0 amide bonds. The van der Waals surface area contributed by atoms with Crippen molar-refractivity contribution in [3.8, 4) is 11.4 Å². The molecule has 4 nitrogen and oxygen atoms in total. The van der Waals surface area contributed by atoms with Gasteiger partial charge in [-0.25, -0.2) is 4.39 Å². The minimum absolute atomic E-state index is 0.0551. The number of Topliss-reactive ketones (excluding diaryl/α,β-unsaturated/α-hetero) is 1. The molecular weight excluding hydrogens is 291 g/mol. The molecule has 1 heterocycles. The molecule has 0 unspecified atom stereocenters. The molecule has 0 N–H and O–H groups in total. The number of aromatic nitrogens is 2. The molecule has 0 radical (unpaired) electrons. The first-order chi connectivity index (χ1) is 8.06. The molecule has 1 aromatic carbocycles. The van der Waals surface area contributed by atoms with Gasteiger partial charge in [-0.3, -0.25) is 4.79 Å². The summed E-state index contributed by atoms with van der Waals surface area (Å²) in [6, 6.07) is 4.40. The Labute approximate surface area is 105 Å². The van der Waals surface area contributed by atoms with Gasteiger partial charge in [-0.15, -0.1) is 0 Å². The average Bonchev–Trinajstić information content (AvgIpc) is 2.69. The van der Waals surface area contributed by atoms with Gasteiger partial charge in [-0.2, -0.15) is 4.98 Å². The van der Waals surface area contributed by atoms with E-state index in [9.17, 15) is 9.18 Å². The van der Waals surface area contributed by atoms with Crippen molar-refractivity contribution >= 4 is 21.7 Å². The Morgan fingerprint density at radius 3 is 2.94 bits per heavy atom. The molecule has 0 aliphatic carbocycles. The number of hydrogen-bond acceptors (Lipinski definition) is 4. The van der Waals surface area contributed by atoms with Crippen molar-refractivity contribution in [2.24, 2.45) is 0 Å². The summed E-state index contributed by atoms with van der Waals surface area (Å²) in [6.45, 7) is 1.44. The number of benzene rings is 1. The first-order valence-electron chi connectivity index (χ1n) is 4.83. The predicted molar refractivity (Wildman–Crippen MR) is 61.8 cm³/mol. The average molecular weight is 299 g/mol. The molecule has 17 heavy (non-hydrogen) atoms. The Hall–Kier alpha value is -1.56. The third kappa shape index (κ3) is 2.76. The third-order valence-electron chi connectivity index (χ3n) is 2.05. The number of carbonyl (C=O) groups excluding carboxylic acids is 1. The van der Waals surface area contributed by atoms with Crippen molar-refractivity contribution in [1.29, 1.82) is 0 Å². The molecule has 2 rings (SSSR count). The molecule has 2 aromatic rings. The van der Waals surface area contributed by atoms with Crippen LogP contribution in [0.15, 0.2) is 27.2 Å². The van der Waals surface area contributed by atoms with E-state index in [1.165, 1.54) is 13.0 Å². The Morgan fingerprint density at radius 2 is 2.29 bits per heavy atom. The largest absolute Gasteiger partial charge is 0.339 e. The van der Waals surface area contributed by atoms with E-state index in [-0.39, 0.29) is 23.9 Å². The maximum atomic E-state index is 13.0. The second-order valence-corrected chi connectivity index (χ2v) is 4.37. The minimum Gasteiger partial charge on any atom is -0.339 e. The summed E-state index contributed by atoms with van der Waals surface area (Å²) in [7, 11) is 0. The fourth-order valence-corrected chi connectivity index (χ4v) is 1.67. The van der Waals surface area contributed by atoms with Crippen molar-refractivity contribution in [3.05, 3.63) is 34.4 Å². The van der Waals surface area contributed by atoms with Crippen LogP contribution < -0.4 is 0 Å². The van der Waals surface area contributed by atoms with Gasteiger partial charge >= 0.3 is 0 Å². The van der Waals surface area contributed by atoms with Gasteiger partial charge < -0.3 is 4.52 Å². The van der Waals surface area contributed by atoms with E-state index in [1.807, 2.05) is 0 Å². The molecule has 0 spiro atoms. The first-order valence-corrected chi connectivity index (χ1v) is 5.63. The van der Waals surface area contributed by atoms with Gasteiger partial charge in [-0.05, 0) is 41.1 Å². The highest BCUT2D eigenvalue weighted by Crippen LogP contribution is 2.23. The van der Waals surface area contributed by atoms with E-state index in [2.05, 4.69) is 26.1 Å². The summed E-state index contributed by atoms with van der Waals surface area (Å²) in [5.74, 6) is 0.177. The van der Waals surface area contributed by atoms with Gasteiger partial charge in [0.2, 0.25) is 11.7 Å². The highest BCUT2D eigenvalue weighted by molar-refractivity contribution is 9.10. The van der Waals surface area contributed by atoms with E-state index >= 15 is 0 Å². The van der Waals surface area contributed by atoms with Crippen LogP contribution in [0.5, 0.6) is 0 Å². The summed E-state index contributed by atoms with van der Waals surface area (Å²) in [6.07, 6.45) is 0.107. The quantitative estimate of drug-likeness (QED) is 0.874. The molecule has 0 atom stereocenters. The molecular formula is C11H8BrFN2O2. The minimum atomic E-state index is -0.360. The maximum Gasteiger partial charge on any atom is 0.234 e. The number of halogens is 2. The summed E-state index contributed by atoms with van der Waals surface area (Å²) < 4.78 is 18.3. The number of rotatable bonds is 3. The molecule has 0 aliphatic rings. The summed E-state index contributed by atoms with van der Waals surface area (Å²) >= 11 is 3.08. The second kappa shape index (κ2) is 4.75. The van der Waals surface area contributed by atoms with E-state index in [4.69, 9.17) is 4.52 Å². The lowest BCUT2D eigenvalue weighted by molar-refractivity contribution is -0.116. The Bertz CT molecular complexity index is 568. The topological polar surface area (TPSA) is 56.0 Å². The van der Waals surface area contributed by atoms with E-state index < -0.39 is 0 Å². The second-order valence-electron chi connectivity index (χ2n) is 3.52. The molecule has 6 heteroatoms. The zero-order valence-corrected chi connectivity index (χ0v) is 10.5. The van der Waals surface area contributed by atoms with Gasteiger partial charge in [-0.1, -0.05) is 5.16 Å². The van der Waals surface area contributed by atoms with Crippen molar-refractivity contribution in [2.75, 3.05) is 0 Å². The third-order valence-corrected chi connectivity index (χ3v) is 2.65. The fraction of sp³-hybridized carbons (Fsp3) is 0.182. The lowest BCUT2D eigenvalue weighted by Crippen LogP contribution is -1.96. The SMILES string of the molecule is CC(=O)Cc1nc(-c2ccc(F)c(Br)c2)no1. The van der Waals surface area contributed by atoms with Crippen LogP contribution in [0.4, 0.5) is 4.39 Å². The maximum absolute atomic E-state index is 13.0. The smallest absolute Gasteiger partial charge is 0.234 e. The Balaban J connectivity index is 2.30.